The Hall–Kier alpha value is -0.0400. The van der Waals surface area contributed by atoms with Crippen molar-refractivity contribution in [2.24, 2.45) is 17.8 Å². The summed E-state index contributed by atoms with van der Waals surface area (Å²) in [4.78, 5) is 0. The van der Waals surface area contributed by atoms with Crippen LogP contribution in [0.1, 0.15) is 27.2 Å². The second kappa shape index (κ2) is 2.91. The number of nitrogens with one attached hydrogen (secondary N) is 1. The van der Waals surface area contributed by atoms with E-state index < -0.39 is 0 Å². The lowest BCUT2D eigenvalue weighted by Crippen LogP contribution is -2.33. The van der Waals surface area contributed by atoms with Gasteiger partial charge in [0.1, 0.15) is 0 Å². The van der Waals surface area contributed by atoms with E-state index in [0.29, 0.717) is 0 Å². The van der Waals surface area contributed by atoms with Crippen LogP contribution in [0.4, 0.5) is 0 Å². The van der Waals surface area contributed by atoms with Crippen LogP contribution in [0.15, 0.2) is 0 Å². The van der Waals surface area contributed by atoms with Crippen LogP contribution < -0.4 is 5.32 Å². The van der Waals surface area contributed by atoms with Gasteiger partial charge in [0.15, 0.2) is 0 Å². The predicted molar refractivity (Wildman–Crippen MR) is 45.0 cm³/mol. The Morgan fingerprint density at radius 3 is 2.00 bits per heavy atom. The van der Waals surface area contributed by atoms with E-state index in [9.17, 15) is 0 Å². The summed E-state index contributed by atoms with van der Waals surface area (Å²) in [6.07, 6.45) is 1.43. The van der Waals surface area contributed by atoms with Gasteiger partial charge < -0.3 is 5.32 Å². The van der Waals surface area contributed by atoms with Gasteiger partial charge in [0.2, 0.25) is 0 Å². The molecule has 1 N–H and O–H groups in total. The third-order valence-electron chi connectivity index (χ3n) is 2.68. The van der Waals surface area contributed by atoms with Crippen molar-refractivity contribution in [1.29, 1.82) is 0 Å². The van der Waals surface area contributed by atoms with E-state index in [0.717, 1.165) is 23.8 Å². The highest BCUT2D eigenvalue weighted by Crippen LogP contribution is 2.42. The molecule has 3 atom stereocenters. The van der Waals surface area contributed by atoms with E-state index in [4.69, 9.17) is 0 Å². The highest BCUT2D eigenvalue weighted by atomic mass is 14.9. The van der Waals surface area contributed by atoms with E-state index in [1.54, 1.807) is 0 Å². The summed E-state index contributed by atoms with van der Waals surface area (Å²) in [7, 11) is 2.08. The molecule has 10 heavy (non-hydrogen) atoms. The fraction of sp³-hybridized carbons (Fsp3) is 1.00. The van der Waals surface area contributed by atoms with Gasteiger partial charge in [0, 0.05) is 6.04 Å². The molecule has 0 radical (unpaired) electrons. The summed E-state index contributed by atoms with van der Waals surface area (Å²) in [5.74, 6) is 2.73. The first-order valence-corrected chi connectivity index (χ1v) is 4.34. The molecule has 1 nitrogen and oxygen atoms in total. The van der Waals surface area contributed by atoms with Gasteiger partial charge in [-0.25, -0.2) is 0 Å². The minimum atomic E-state index is 0.759. The number of hydrogen-bond acceptors (Lipinski definition) is 1. The molecular formula is C9H19N. The van der Waals surface area contributed by atoms with Crippen molar-refractivity contribution in [3.8, 4) is 0 Å². The fourth-order valence-corrected chi connectivity index (χ4v) is 1.89. The Balaban J connectivity index is 2.34. The normalized spacial score (nSPS) is 34.5. The lowest BCUT2D eigenvalue weighted by Gasteiger charge is -2.19. The zero-order valence-corrected chi connectivity index (χ0v) is 7.52. The topological polar surface area (TPSA) is 12.0 Å². The molecule has 1 saturated carbocycles. The summed E-state index contributed by atoms with van der Waals surface area (Å²) in [6, 6.07) is 0.759. The summed E-state index contributed by atoms with van der Waals surface area (Å²) >= 11 is 0. The van der Waals surface area contributed by atoms with Gasteiger partial charge in [-0.15, -0.1) is 0 Å². The molecule has 0 aromatic rings. The van der Waals surface area contributed by atoms with E-state index >= 15 is 0 Å². The molecule has 0 bridgehead atoms. The first kappa shape index (κ1) is 8.06. The van der Waals surface area contributed by atoms with E-state index in [1.807, 2.05) is 0 Å². The molecule has 1 rings (SSSR count). The molecule has 60 valence electrons. The van der Waals surface area contributed by atoms with Gasteiger partial charge in [-0.05, 0) is 31.2 Å². The van der Waals surface area contributed by atoms with E-state index in [-0.39, 0.29) is 0 Å². The zero-order valence-electron chi connectivity index (χ0n) is 7.52. The first-order valence-electron chi connectivity index (χ1n) is 4.34. The molecule has 0 saturated heterocycles. The number of hydrogen-bond donors (Lipinski definition) is 1. The van der Waals surface area contributed by atoms with Crippen LogP contribution in [-0.2, 0) is 0 Å². The van der Waals surface area contributed by atoms with E-state index in [2.05, 4.69) is 33.1 Å². The Labute approximate surface area is 64.2 Å². The predicted octanol–water partition coefficient (Wildman–Crippen LogP) is 1.89. The molecule has 0 amide bonds. The standard InChI is InChI=1S/C9H19N/c1-6(2)9(10-4)8-5-7(8)3/h6-10H,5H2,1-4H3/t7-,8?,9?/m0/s1. The summed E-state index contributed by atoms with van der Waals surface area (Å²) in [5.41, 5.74) is 0. The van der Waals surface area contributed by atoms with Gasteiger partial charge >= 0.3 is 0 Å². The van der Waals surface area contributed by atoms with Gasteiger partial charge in [-0.1, -0.05) is 20.8 Å². The average Bonchev–Trinajstić information content (AvgIpc) is 2.48. The molecular weight excluding hydrogens is 122 g/mol. The van der Waals surface area contributed by atoms with E-state index in [1.165, 1.54) is 6.42 Å². The maximum Gasteiger partial charge on any atom is 0.0118 e. The van der Waals surface area contributed by atoms with Crippen molar-refractivity contribution >= 4 is 0 Å². The third kappa shape index (κ3) is 1.51. The van der Waals surface area contributed by atoms with Crippen molar-refractivity contribution in [3.63, 3.8) is 0 Å². The monoisotopic (exact) mass is 141 g/mol. The summed E-state index contributed by atoms with van der Waals surface area (Å²) < 4.78 is 0. The number of rotatable bonds is 3. The Bertz CT molecular complexity index is 109. The van der Waals surface area contributed by atoms with Crippen molar-refractivity contribution in [2.75, 3.05) is 7.05 Å². The highest BCUT2D eigenvalue weighted by molar-refractivity contribution is 4.92. The Kier molecular flexibility index (Phi) is 2.35. The van der Waals surface area contributed by atoms with Crippen LogP contribution >= 0.6 is 0 Å². The molecule has 1 aliphatic carbocycles. The van der Waals surface area contributed by atoms with Crippen molar-refractivity contribution < 1.29 is 0 Å². The molecule has 1 fully saturated rings. The summed E-state index contributed by atoms with van der Waals surface area (Å²) in [6.45, 7) is 6.94. The van der Waals surface area contributed by atoms with Crippen LogP contribution in [0.2, 0.25) is 0 Å². The smallest absolute Gasteiger partial charge is 0.0118 e. The minimum absolute atomic E-state index is 0.759. The average molecular weight is 141 g/mol. The zero-order chi connectivity index (χ0) is 7.72. The van der Waals surface area contributed by atoms with Crippen molar-refractivity contribution in [1.82, 2.24) is 5.32 Å². The molecule has 0 heterocycles. The second-order valence-corrected chi connectivity index (χ2v) is 3.94. The SMILES string of the molecule is CNC(C(C)C)C1C[C@@H]1C. The molecule has 0 aliphatic heterocycles. The fourth-order valence-electron chi connectivity index (χ4n) is 1.89. The van der Waals surface area contributed by atoms with Crippen LogP contribution in [0.3, 0.4) is 0 Å². The van der Waals surface area contributed by atoms with Crippen LogP contribution in [-0.4, -0.2) is 13.1 Å². The van der Waals surface area contributed by atoms with Crippen molar-refractivity contribution in [3.05, 3.63) is 0 Å². The molecule has 0 spiro atoms. The summed E-state index contributed by atoms with van der Waals surface area (Å²) in [5, 5.41) is 3.39. The third-order valence-corrected chi connectivity index (χ3v) is 2.68. The lowest BCUT2D eigenvalue weighted by molar-refractivity contribution is 0.373. The molecule has 1 aliphatic rings. The lowest BCUT2D eigenvalue weighted by atomic mass is 9.99. The van der Waals surface area contributed by atoms with Gasteiger partial charge in [0.05, 0.1) is 0 Å². The largest absolute Gasteiger partial charge is 0.316 e. The van der Waals surface area contributed by atoms with Gasteiger partial charge in [-0.3, -0.25) is 0 Å². The molecule has 2 unspecified atom stereocenters. The maximum absolute atomic E-state index is 3.39. The Morgan fingerprint density at radius 2 is 1.90 bits per heavy atom. The van der Waals surface area contributed by atoms with Crippen LogP contribution in [0.25, 0.3) is 0 Å². The highest BCUT2D eigenvalue weighted by Gasteiger charge is 2.39. The first-order chi connectivity index (χ1) is 4.66. The molecule has 1 heteroatoms. The van der Waals surface area contributed by atoms with Gasteiger partial charge in [0.25, 0.3) is 0 Å². The molecule has 0 aromatic carbocycles. The molecule has 0 aromatic heterocycles. The van der Waals surface area contributed by atoms with Crippen LogP contribution in [0.5, 0.6) is 0 Å². The van der Waals surface area contributed by atoms with Crippen LogP contribution in [0, 0.1) is 17.8 Å². The quantitative estimate of drug-likeness (QED) is 0.633. The Morgan fingerprint density at radius 1 is 1.40 bits per heavy atom. The second-order valence-electron chi connectivity index (χ2n) is 3.94. The maximum atomic E-state index is 3.39. The van der Waals surface area contributed by atoms with Crippen molar-refractivity contribution in [2.45, 2.75) is 33.2 Å². The van der Waals surface area contributed by atoms with Gasteiger partial charge in [-0.2, -0.15) is 0 Å². The minimum Gasteiger partial charge on any atom is -0.316 e.